The molecule has 0 aromatic rings. The first kappa shape index (κ1) is 14.5. The second kappa shape index (κ2) is 6.54. The lowest BCUT2D eigenvalue weighted by Gasteiger charge is -2.41. The molecule has 2 fully saturated rings. The van der Waals surface area contributed by atoms with Gasteiger partial charge >= 0.3 is 0 Å². The van der Waals surface area contributed by atoms with Gasteiger partial charge in [0.15, 0.2) is 0 Å². The van der Waals surface area contributed by atoms with Crippen LogP contribution in [0, 0.1) is 5.92 Å². The van der Waals surface area contributed by atoms with Crippen molar-refractivity contribution < 1.29 is 14.3 Å². The molecule has 2 saturated heterocycles. The van der Waals surface area contributed by atoms with E-state index >= 15 is 0 Å². The Labute approximate surface area is 125 Å². The molecular formula is C16H22N2O3. The van der Waals surface area contributed by atoms with Gasteiger partial charge in [-0.05, 0) is 50.4 Å². The highest BCUT2D eigenvalue weighted by Gasteiger charge is 2.29. The zero-order chi connectivity index (χ0) is 14.7. The predicted molar refractivity (Wildman–Crippen MR) is 78.5 cm³/mol. The quantitative estimate of drug-likeness (QED) is 0.727. The molecular weight excluding hydrogens is 268 g/mol. The molecule has 0 radical (unpaired) electrons. The fourth-order valence-corrected chi connectivity index (χ4v) is 3.03. The first-order chi connectivity index (χ1) is 10.2. The highest BCUT2D eigenvalue weighted by atomic mass is 16.5. The second-order valence-electron chi connectivity index (χ2n) is 5.94. The van der Waals surface area contributed by atoms with E-state index in [9.17, 15) is 9.59 Å². The van der Waals surface area contributed by atoms with Gasteiger partial charge in [-0.1, -0.05) is 12.2 Å². The van der Waals surface area contributed by atoms with Gasteiger partial charge in [0.1, 0.15) is 0 Å². The molecule has 0 spiro atoms. The largest absolute Gasteiger partial charge is 0.378 e. The van der Waals surface area contributed by atoms with E-state index in [0.717, 1.165) is 45.6 Å². The average Bonchev–Trinajstić information content (AvgIpc) is 2.45. The van der Waals surface area contributed by atoms with Gasteiger partial charge in [0, 0.05) is 6.54 Å². The van der Waals surface area contributed by atoms with Gasteiger partial charge in [-0.25, -0.2) is 0 Å². The lowest BCUT2D eigenvalue weighted by molar-refractivity contribution is -0.139. The number of nitrogens with zero attached hydrogens (tertiary/aromatic N) is 2. The SMILES string of the molecule is O=C1C=CCCN1C(=O)/C=C/C1CCN(C2COC2)CC1. The zero-order valence-corrected chi connectivity index (χ0v) is 12.2. The molecule has 0 bridgehead atoms. The highest BCUT2D eigenvalue weighted by Crippen LogP contribution is 2.22. The molecule has 0 aromatic heterocycles. The third-order valence-electron chi connectivity index (χ3n) is 4.53. The van der Waals surface area contributed by atoms with Crippen LogP contribution in [0.1, 0.15) is 19.3 Å². The smallest absolute Gasteiger partial charge is 0.253 e. The number of hydrogen-bond donors (Lipinski definition) is 0. The Bertz CT molecular complexity index is 460. The van der Waals surface area contributed by atoms with Gasteiger partial charge in [-0.2, -0.15) is 0 Å². The Morgan fingerprint density at radius 1 is 1.24 bits per heavy atom. The minimum Gasteiger partial charge on any atom is -0.378 e. The first-order valence-corrected chi connectivity index (χ1v) is 7.76. The van der Waals surface area contributed by atoms with Crippen molar-refractivity contribution in [1.29, 1.82) is 0 Å². The predicted octanol–water partition coefficient (Wildman–Crippen LogP) is 0.969. The van der Waals surface area contributed by atoms with E-state index in [1.807, 2.05) is 12.2 Å². The second-order valence-corrected chi connectivity index (χ2v) is 5.94. The highest BCUT2D eigenvalue weighted by molar-refractivity contribution is 6.05. The number of rotatable bonds is 3. The van der Waals surface area contributed by atoms with E-state index in [4.69, 9.17) is 4.74 Å². The summed E-state index contributed by atoms with van der Waals surface area (Å²) in [7, 11) is 0. The average molecular weight is 290 g/mol. The number of allylic oxidation sites excluding steroid dienone is 1. The maximum Gasteiger partial charge on any atom is 0.253 e. The molecule has 3 aliphatic heterocycles. The molecule has 5 nitrogen and oxygen atoms in total. The topological polar surface area (TPSA) is 49.9 Å². The summed E-state index contributed by atoms with van der Waals surface area (Å²) >= 11 is 0. The number of piperidine rings is 1. The summed E-state index contributed by atoms with van der Waals surface area (Å²) in [6.45, 7) is 4.37. The van der Waals surface area contributed by atoms with E-state index in [1.165, 1.54) is 11.0 Å². The van der Waals surface area contributed by atoms with E-state index in [2.05, 4.69) is 4.90 Å². The van der Waals surface area contributed by atoms with Crippen LogP contribution in [0.15, 0.2) is 24.3 Å². The summed E-state index contributed by atoms with van der Waals surface area (Å²) in [5, 5.41) is 0. The molecule has 3 rings (SSSR count). The molecule has 0 unspecified atom stereocenters. The van der Waals surface area contributed by atoms with E-state index < -0.39 is 0 Å². The lowest BCUT2D eigenvalue weighted by atomic mass is 9.95. The standard InChI is InChI=1S/C16H22N2O3/c19-15-3-1-2-8-18(15)16(20)5-4-13-6-9-17(10-7-13)14-11-21-12-14/h1,3-5,13-14H,2,6-12H2/b5-4+. The fraction of sp³-hybridized carbons (Fsp3) is 0.625. The van der Waals surface area contributed by atoms with Crippen molar-refractivity contribution in [3.63, 3.8) is 0 Å². The third kappa shape index (κ3) is 3.41. The van der Waals surface area contributed by atoms with E-state index in [-0.39, 0.29) is 11.8 Å². The van der Waals surface area contributed by atoms with Gasteiger partial charge in [0.25, 0.3) is 11.8 Å². The number of carbonyl (C=O) groups is 2. The Morgan fingerprint density at radius 3 is 2.62 bits per heavy atom. The minimum absolute atomic E-state index is 0.181. The summed E-state index contributed by atoms with van der Waals surface area (Å²) in [5.41, 5.74) is 0. The Morgan fingerprint density at radius 2 is 2.00 bits per heavy atom. The van der Waals surface area contributed by atoms with Crippen LogP contribution in [-0.4, -0.2) is 60.5 Å². The normalized spacial score (nSPS) is 25.5. The molecule has 21 heavy (non-hydrogen) atoms. The Kier molecular flexibility index (Phi) is 4.51. The molecule has 114 valence electrons. The van der Waals surface area contributed by atoms with Crippen LogP contribution in [0.5, 0.6) is 0 Å². The molecule has 0 saturated carbocycles. The lowest BCUT2D eigenvalue weighted by Crippen LogP contribution is -2.51. The molecule has 0 N–H and O–H groups in total. The minimum atomic E-state index is -0.198. The summed E-state index contributed by atoms with van der Waals surface area (Å²) in [6.07, 6.45) is 9.78. The molecule has 0 aromatic carbocycles. The maximum atomic E-state index is 12.0. The summed E-state index contributed by atoms with van der Waals surface area (Å²) in [6, 6.07) is 0.606. The number of imide groups is 1. The van der Waals surface area contributed by atoms with Gasteiger partial charge in [-0.15, -0.1) is 0 Å². The molecule has 5 heteroatoms. The Hall–Kier alpha value is -1.46. The van der Waals surface area contributed by atoms with Crippen molar-refractivity contribution in [2.45, 2.75) is 25.3 Å². The monoisotopic (exact) mass is 290 g/mol. The summed E-state index contributed by atoms with van der Waals surface area (Å²) in [5.74, 6) is 0.0662. The van der Waals surface area contributed by atoms with Crippen molar-refractivity contribution in [2.75, 3.05) is 32.8 Å². The number of likely N-dealkylation sites (tertiary alicyclic amines) is 1. The van der Waals surface area contributed by atoms with Crippen LogP contribution in [0.3, 0.4) is 0 Å². The Balaban J connectivity index is 1.47. The van der Waals surface area contributed by atoms with Crippen molar-refractivity contribution in [3.8, 4) is 0 Å². The van der Waals surface area contributed by atoms with E-state index in [0.29, 0.717) is 18.5 Å². The van der Waals surface area contributed by atoms with Crippen LogP contribution in [0.4, 0.5) is 0 Å². The molecule has 0 atom stereocenters. The van der Waals surface area contributed by atoms with Crippen molar-refractivity contribution >= 4 is 11.8 Å². The fourth-order valence-electron chi connectivity index (χ4n) is 3.03. The van der Waals surface area contributed by atoms with Crippen LogP contribution >= 0.6 is 0 Å². The zero-order valence-electron chi connectivity index (χ0n) is 12.2. The van der Waals surface area contributed by atoms with Crippen LogP contribution in [0.2, 0.25) is 0 Å². The van der Waals surface area contributed by atoms with Gasteiger partial charge in [-0.3, -0.25) is 19.4 Å². The van der Waals surface area contributed by atoms with Crippen LogP contribution in [0.25, 0.3) is 0 Å². The van der Waals surface area contributed by atoms with Crippen LogP contribution in [-0.2, 0) is 14.3 Å². The van der Waals surface area contributed by atoms with E-state index in [1.54, 1.807) is 6.08 Å². The molecule has 3 aliphatic rings. The van der Waals surface area contributed by atoms with Crippen molar-refractivity contribution in [3.05, 3.63) is 24.3 Å². The first-order valence-electron chi connectivity index (χ1n) is 7.76. The van der Waals surface area contributed by atoms with Gasteiger partial charge < -0.3 is 4.74 Å². The summed E-state index contributed by atoms with van der Waals surface area (Å²) in [4.78, 5) is 27.4. The molecule has 0 aliphatic carbocycles. The van der Waals surface area contributed by atoms with Crippen molar-refractivity contribution in [2.24, 2.45) is 5.92 Å². The third-order valence-corrected chi connectivity index (χ3v) is 4.53. The van der Waals surface area contributed by atoms with Gasteiger partial charge in [0.05, 0.1) is 19.3 Å². The van der Waals surface area contributed by atoms with Crippen LogP contribution < -0.4 is 0 Å². The maximum absolute atomic E-state index is 12.0. The number of ether oxygens (including phenoxy) is 1. The van der Waals surface area contributed by atoms with Gasteiger partial charge in [0.2, 0.25) is 0 Å². The summed E-state index contributed by atoms with van der Waals surface area (Å²) < 4.78 is 5.23. The van der Waals surface area contributed by atoms with Crippen molar-refractivity contribution in [1.82, 2.24) is 9.80 Å². The number of carbonyl (C=O) groups excluding carboxylic acids is 2. The molecule has 2 amide bonds. The number of hydrogen-bond acceptors (Lipinski definition) is 4. The molecule has 3 heterocycles. The number of amides is 2.